The van der Waals surface area contributed by atoms with Gasteiger partial charge in [0.05, 0.1) is 31.1 Å². The number of benzene rings is 1. The molecule has 25 heteroatoms. The molecule has 5 rings (SSSR count). The van der Waals surface area contributed by atoms with Crippen LogP contribution in [-0.2, 0) is 47.5 Å². The maximum absolute atomic E-state index is 13.3. The molecule has 0 radical (unpaired) electrons. The Hall–Kier alpha value is -4.57. The number of carbonyl (C=O) groups is 3. The standard InChI is InChI=1S/C25H31N9O14S2/c1-24(2)19(21(36)33(24)48-50(43,44)45)28-20(35)18(15-9-49-23(26)27-15)29-47-17(22(37)38)8-46-14-4-5-16-13(6-14)7-31(30(16)3)10-25(39)11-32(12-25)34(40,41)42/h4-7,9,17,19,39-41H,8,10-12H2,1-3H3,(H4-,26,27,28,35,37,38,43,44,45)/p+1/b29-18-/t17-,19+/m0/s1. The number of hydroxylamine groups is 2. The van der Waals surface area contributed by atoms with Crippen molar-refractivity contribution in [1.29, 1.82) is 0 Å². The summed E-state index contributed by atoms with van der Waals surface area (Å²) in [6, 6.07) is 3.41. The topological polar surface area (TPSA) is 316 Å². The highest BCUT2D eigenvalue weighted by molar-refractivity contribution is 7.80. The number of anilines is 1. The summed E-state index contributed by atoms with van der Waals surface area (Å²) in [6.45, 7) is 1.47. The molecule has 2 amide bonds. The van der Waals surface area contributed by atoms with Crippen molar-refractivity contribution in [2.24, 2.45) is 12.2 Å². The van der Waals surface area contributed by atoms with Gasteiger partial charge in [-0.1, -0.05) is 10.2 Å². The first-order valence-corrected chi connectivity index (χ1v) is 16.5. The summed E-state index contributed by atoms with van der Waals surface area (Å²) in [5.41, 5.74) is 2.78. The second-order valence-corrected chi connectivity index (χ2v) is 13.9. The number of aliphatic hydroxyl groups is 1. The lowest BCUT2D eigenvalue weighted by Gasteiger charge is -2.50. The number of nitrogens with two attached hydrogens (primary N) is 1. The molecular weight excluding hydrogens is 714 g/mol. The predicted molar refractivity (Wildman–Crippen MR) is 163 cm³/mol. The van der Waals surface area contributed by atoms with Crippen molar-refractivity contribution in [3.8, 4) is 5.75 Å². The number of β-amino-alcohol motifs (C(OH)–C–C–N with tert-alkyl or cyclic N) is 1. The van der Waals surface area contributed by atoms with Gasteiger partial charge in [0.15, 0.2) is 16.4 Å². The van der Waals surface area contributed by atoms with Crippen LogP contribution in [0.2, 0.25) is 0 Å². The summed E-state index contributed by atoms with van der Waals surface area (Å²) in [6.07, 6.45) is -0.117. The van der Waals surface area contributed by atoms with Crippen molar-refractivity contribution in [1.82, 2.24) is 25.1 Å². The number of rotatable bonds is 14. The second-order valence-electron chi connectivity index (χ2n) is 12.0. The van der Waals surface area contributed by atoms with Crippen LogP contribution in [0.25, 0.3) is 10.9 Å². The third-order valence-electron chi connectivity index (χ3n) is 7.85. The number of aromatic nitrogens is 3. The molecule has 0 spiro atoms. The SMILES string of the molecule is Cn1c2ccc(OC[C@H](O/N=C(\C(=O)N[C@@H]3C(=O)N(OS(=O)(=O)O)C3(C)C)c3csc(N)n3)C(=O)O)cc2c[n+]1CC1(O)CN([N+]([O-])(O)O)C1. The van der Waals surface area contributed by atoms with Crippen molar-refractivity contribution in [2.75, 3.05) is 25.4 Å². The Morgan fingerprint density at radius 2 is 2.00 bits per heavy atom. The van der Waals surface area contributed by atoms with Gasteiger partial charge in [-0.15, -0.1) is 20.3 Å². The van der Waals surface area contributed by atoms with E-state index in [0.717, 1.165) is 11.3 Å². The normalized spacial score (nSPS) is 19.8. The number of β-lactam (4-membered cyclic amide) rings is 1. The number of carboxylic acid groups (broad SMARTS) is 1. The Morgan fingerprint density at radius 1 is 1.32 bits per heavy atom. The van der Waals surface area contributed by atoms with E-state index in [1.165, 1.54) is 19.2 Å². The molecule has 8 N–H and O–H groups in total. The van der Waals surface area contributed by atoms with E-state index in [4.69, 9.17) is 30.3 Å². The highest BCUT2D eigenvalue weighted by atomic mass is 32.3. The smallest absolute Gasteiger partial charge is 0.418 e. The predicted octanol–water partition coefficient (Wildman–Crippen LogP) is -2.35. The molecule has 50 heavy (non-hydrogen) atoms. The Balaban J connectivity index is 1.27. The lowest BCUT2D eigenvalue weighted by atomic mass is 9.84. The molecule has 272 valence electrons. The summed E-state index contributed by atoms with van der Waals surface area (Å²) in [5, 5.41) is 56.3. The van der Waals surface area contributed by atoms with E-state index in [2.05, 4.69) is 19.7 Å². The van der Waals surface area contributed by atoms with Crippen LogP contribution in [0.15, 0.2) is 34.9 Å². The van der Waals surface area contributed by atoms with Crippen molar-refractivity contribution in [3.05, 3.63) is 40.7 Å². The van der Waals surface area contributed by atoms with E-state index in [1.54, 1.807) is 40.8 Å². The van der Waals surface area contributed by atoms with E-state index in [-0.39, 0.29) is 36.2 Å². The molecule has 2 atom stereocenters. The first-order valence-electron chi connectivity index (χ1n) is 14.2. The average molecular weight is 747 g/mol. The molecule has 23 nitrogen and oxygen atoms in total. The van der Waals surface area contributed by atoms with Crippen molar-refractivity contribution >= 4 is 61.3 Å². The quantitative estimate of drug-likeness (QED) is 0.0227. The average Bonchev–Trinajstić information content (AvgIpc) is 3.55. The number of nitrogen functional groups attached to an aromatic ring is 1. The van der Waals surface area contributed by atoms with Crippen molar-refractivity contribution in [3.63, 3.8) is 0 Å². The summed E-state index contributed by atoms with van der Waals surface area (Å²) >= 11 is 0.923. The molecule has 0 bridgehead atoms. The van der Waals surface area contributed by atoms with Gasteiger partial charge in [-0.05, 0) is 32.0 Å². The van der Waals surface area contributed by atoms with Crippen LogP contribution >= 0.6 is 11.3 Å². The number of amides is 2. The number of nitrogens with one attached hydrogen (secondary N) is 1. The number of aryl methyl sites for hydroxylation is 1. The number of ether oxygens (including phenoxy) is 1. The number of oxime groups is 1. The number of thiazole rings is 1. The largest absolute Gasteiger partial charge is 0.543 e. The number of fused-ring (bicyclic) bond motifs is 1. The van der Waals surface area contributed by atoms with Crippen LogP contribution in [0, 0.1) is 5.21 Å². The first kappa shape index (κ1) is 36.7. The van der Waals surface area contributed by atoms with Crippen LogP contribution in [-0.4, -0.2) is 125 Å². The fraction of sp³-hybridized carbons (Fsp3) is 0.440. The van der Waals surface area contributed by atoms with Gasteiger partial charge >= 0.3 is 16.4 Å². The lowest BCUT2D eigenvalue weighted by molar-refractivity contribution is -1.29. The minimum Gasteiger partial charge on any atom is -0.543 e. The van der Waals surface area contributed by atoms with Gasteiger partial charge in [-0.25, -0.2) is 9.78 Å². The summed E-state index contributed by atoms with van der Waals surface area (Å²) in [7, 11) is -3.34. The molecule has 2 aliphatic rings. The van der Waals surface area contributed by atoms with E-state index in [1.807, 2.05) is 0 Å². The molecule has 2 aromatic heterocycles. The van der Waals surface area contributed by atoms with Crippen LogP contribution in [0.5, 0.6) is 5.75 Å². The molecule has 1 aromatic carbocycles. The molecule has 0 saturated carbocycles. The molecule has 0 unspecified atom stereocenters. The fourth-order valence-electron chi connectivity index (χ4n) is 5.23. The van der Waals surface area contributed by atoms with Crippen LogP contribution in [0.4, 0.5) is 5.13 Å². The maximum atomic E-state index is 13.3. The van der Waals surface area contributed by atoms with Gasteiger partial charge in [0, 0.05) is 10.5 Å². The zero-order valence-corrected chi connectivity index (χ0v) is 27.9. The highest BCUT2D eigenvalue weighted by Gasteiger charge is 2.58. The van der Waals surface area contributed by atoms with Gasteiger partial charge in [0.25, 0.3) is 17.9 Å². The Morgan fingerprint density at radius 3 is 2.56 bits per heavy atom. The Bertz CT molecular complexity index is 1970. The zero-order chi connectivity index (χ0) is 37.0. The molecule has 4 heterocycles. The third-order valence-corrected chi connectivity index (χ3v) is 8.86. The maximum Gasteiger partial charge on any atom is 0.418 e. The monoisotopic (exact) mass is 746 g/mol. The van der Waals surface area contributed by atoms with Crippen molar-refractivity contribution < 1.29 is 71.6 Å². The zero-order valence-electron chi connectivity index (χ0n) is 26.3. The Kier molecular flexibility index (Phi) is 9.51. The van der Waals surface area contributed by atoms with Gasteiger partial charge in [-0.2, -0.15) is 28.6 Å². The van der Waals surface area contributed by atoms with Gasteiger partial charge in [0.2, 0.25) is 12.7 Å². The molecule has 2 aliphatic heterocycles. The minimum atomic E-state index is -5.05. The molecule has 0 aliphatic carbocycles. The summed E-state index contributed by atoms with van der Waals surface area (Å²) in [4.78, 5) is 47.0. The molecule has 2 saturated heterocycles. The number of hydrogen-bond acceptors (Lipinski definition) is 17. The van der Waals surface area contributed by atoms with E-state index in [0.29, 0.717) is 21.0 Å². The second kappa shape index (κ2) is 13.0. The highest BCUT2D eigenvalue weighted by Crippen LogP contribution is 2.33. The number of carbonyl (C=O) groups excluding carboxylic acids is 2. The van der Waals surface area contributed by atoms with Gasteiger partial charge < -0.3 is 36.0 Å². The number of quaternary nitrogens is 1. The first-order chi connectivity index (χ1) is 23.1. The number of hydrogen-bond donors (Lipinski definition) is 7. The lowest BCUT2D eigenvalue weighted by Crippen LogP contribution is -2.76. The van der Waals surface area contributed by atoms with Gasteiger partial charge in [-0.3, -0.25) is 14.1 Å². The summed E-state index contributed by atoms with van der Waals surface area (Å²) < 4.78 is 44.4. The van der Waals surface area contributed by atoms with E-state index >= 15 is 0 Å². The molecule has 3 aromatic rings. The number of carboxylic acids is 1. The van der Waals surface area contributed by atoms with Crippen LogP contribution in [0.1, 0.15) is 19.5 Å². The summed E-state index contributed by atoms with van der Waals surface area (Å²) in [5.74, 6) is -3.41. The number of aliphatic carboxylic acids is 1. The van der Waals surface area contributed by atoms with Crippen molar-refractivity contribution in [2.45, 2.75) is 43.7 Å². The molecule has 2 fully saturated rings. The van der Waals surface area contributed by atoms with E-state index in [9.17, 15) is 38.2 Å². The Labute approximate surface area is 285 Å². The van der Waals surface area contributed by atoms with Crippen LogP contribution < -0.4 is 20.5 Å². The van der Waals surface area contributed by atoms with E-state index < -0.39 is 68.9 Å². The van der Waals surface area contributed by atoms with Crippen LogP contribution in [0.3, 0.4) is 0 Å². The fourth-order valence-corrected chi connectivity index (χ4v) is 6.23. The van der Waals surface area contributed by atoms with Gasteiger partial charge in [0.1, 0.15) is 29.6 Å². The molecular formula is C25H32N9O14S2+. The number of nitrogens with zero attached hydrogens (tertiary/aromatic N) is 7. The third kappa shape index (κ3) is 7.60. The minimum absolute atomic E-state index is 0.00135.